The normalized spacial score (nSPS) is 26.9. The van der Waals surface area contributed by atoms with E-state index in [0.29, 0.717) is 0 Å². The van der Waals surface area contributed by atoms with Crippen molar-refractivity contribution >= 4 is 11.0 Å². The van der Waals surface area contributed by atoms with E-state index in [4.69, 9.17) is 0 Å². The predicted molar refractivity (Wildman–Crippen MR) is 52.3 cm³/mol. The highest BCUT2D eigenvalue weighted by molar-refractivity contribution is 7.81. The van der Waals surface area contributed by atoms with Crippen molar-refractivity contribution in [1.29, 1.82) is 0 Å². The molecule has 1 saturated heterocycles. The van der Waals surface area contributed by atoms with Gasteiger partial charge in [0.25, 0.3) is 0 Å². The fourth-order valence-corrected chi connectivity index (χ4v) is 2.18. The lowest BCUT2D eigenvalue weighted by molar-refractivity contribution is 0.226. The standard InChI is InChI=1S/C8H18N2OS/c1-8(9-2)4-6-10(7-5-8)12(3)11/h9H,4-7H2,1-3H3. The van der Waals surface area contributed by atoms with Crippen LogP contribution < -0.4 is 5.32 Å². The van der Waals surface area contributed by atoms with Gasteiger partial charge >= 0.3 is 0 Å². The van der Waals surface area contributed by atoms with Crippen LogP contribution in [-0.4, -0.2) is 40.4 Å². The number of piperidine rings is 1. The van der Waals surface area contributed by atoms with Crippen molar-refractivity contribution in [2.24, 2.45) is 0 Å². The molecule has 0 aromatic carbocycles. The van der Waals surface area contributed by atoms with Crippen LogP contribution in [0.4, 0.5) is 0 Å². The van der Waals surface area contributed by atoms with Crippen LogP contribution in [0.5, 0.6) is 0 Å². The van der Waals surface area contributed by atoms with E-state index >= 15 is 0 Å². The van der Waals surface area contributed by atoms with Gasteiger partial charge in [0.2, 0.25) is 0 Å². The second-order valence-corrected chi connectivity index (χ2v) is 5.03. The van der Waals surface area contributed by atoms with Crippen molar-refractivity contribution < 1.29 is 4.21 Å². The lowest BCUT2D eigenvalue weighted by atomic mass is 9.91. The number of nitrogens with zero attached hydrogens (tertiary/aromatic N) is 1. The van der Waals surface area contributed by atoms with E-state index in [1.807, 2.05) is 11.4 Å². The van der Waals surface area contributed by atoms with E-state index < -0.39 is 11.0 Å². The zero-order valence-corrected chi connectivity index (χ0v) is 8.91. The Bertz CT molecular complexity index is 176. The highest BCUT2D eigenvalue weighted by Gasteiger charge is 2.29. The average Bonchev–Trinajstić information content (AvgIpc) is 2.05. The highest BCUT2D eigenvalue weighted by atomic mass is 32.2. The molecular formula is C8H18N2OS. The molecule has 72 valence electrons. The molecule has 1 rings (SSSR count). The molecule has 0 amide bonds. The van der Waals surface area contributed by atoms with Crippen LogP contribution in [0.3, 0.4) is 0 Å². The Morgan fingerprint density at radius 1 is 1.42 bits per heavy atom. The van der Waals surface area contributed by atoms with Gasteiger partial charge in [-0.1, -0.05) is 0 Å². The molecule has 0 radical (unpaired) electrons. The van der Waals surface area contributed by atoms with Gasteiger partial charge in [0.1, 0.15) is 0 Å². The zero-order chi connectivity index (χ0) is 9.19. The lowest BCUT2D eigenvalue weighted by Gasteiger charge is -2.37. The Morgan fingerprint density at radius 2 is 1.92 bits per heavy atom. The molecule has 3 nitrogen and oxygen atoms in total. The summed E-state index contributed by atoms with van der Waals surface area (Å²) < 4.78 is 13.1. The second kappa shape index (κ2) is 3.85. The minimum absolute atomic E-state index is 0.260. The SMILES string of the molecule is CNC1(C)CCN(S(C)=O)CC1. The molecule has 1 fully saturated rings. The topological polar surface area (TPSA) is 32.3 Å². The molecular weight excluding hydrogens is 172 g/mol. The Morgan fingerprint density at radius 3 is 2.25 bits per heavy atom. The van der Waals surface area contributed by atoms with Crippen molar-refractivity contribution in [1.82, 2.24) is 9.62 Å². The van der Waals surface area contributed by atoms with E-state index in [2.05, 4.69) is 12.2 Å². The minimum Gasteiger partial charge on any atom is -0.314 e. The minimum atomic E-state index is -0.782. The van der Waals surface area contributed by atoms with Crippen LogP contribution in [0.1, 0.15) is 19.8 Å². The highest BCUT2D eigenvalue weighted by Crippen LogP contribution is 2.21. The quantitative estimate of drug-likeness (QED) is 0.681. The summed E-state index contributed by atoms with van der Waals surface area (Å²) in [4.78, 5) is 0. The van der Waals surface area contributed by atoms with Crippen LogP contribution in [-0.2, 0) is 11.0 Å². The van der Waals surface area contributed by atoms with Gasteiger partial charge in [0.05, 0.1) is 11.0 Å². The monoisotopic (exact) mass is 190 g/mol. The third-order valence-electron chi connectivity index (χ3n) is 2.79. The van der Waals surface area contributed by atoms with Crippen LogP contribution in [0.25, 0.3) is 0 Å². The molecule has 1 aliphatic rings. The molecule has 0 aromatic rings. The van der Waals surface area contributed by atoms with E-state index in [9.17, 15) is 4.21 Å². The third-order valence-corrected chi connectivity index (χ3v) is 3.89. The fourth-order valence-electron chi connectivity index (χ4n) is 1.49. The van der Waals surface area contributed by atoms with E-state index in [1.54, 1.807) is 6.26 Å². The third kappa shape index (κ3) is 2.28. The number of rotatable bonds is 2. The summed E-state index contributed by atoms with van der Waals surface area (Å²) in [6, 6.07) is 0. The second-order valence-electron chi connectivity index (χ2n) is 3.66. The van der Waals surface area contributed by atoms with Gasteiger partial charge in [-0.25, -0.2) is 8.51 Å². The molecule has 12 heavy (non-hydrogen) atoms. The van der Waals surface area contributed by atoms with Gasteiger partial charge in [0.15, 0.2) is 0 Å². The summed E-state index contributed by atoms with van der Waals surface area (Å²) in [7, 11) is 1.22. The first-order valence-corrected chi connectivity index (χ1v) is 5.86. The summed E-state index contributed by atoms with van der Waals surface area (Å²) in [5, 5.41) is 3.31. The Labute approximate surface area is 77.1 Å². The van der Waals surface area contributed by atoms with Gasteiger partial charge in [-0.15, -0.1) is 0 Å². The molecule has 1 heterocycles. The van der Waals surface area contributed by atoms with Gasteiger partial charge in [0, 0.05) is 24.9 Å². The molecule has 0 spiro atoms. The largest absolute Gasteiger partial charge is 0.314 e. The van der Waals surface area contributed by atoms with Gasteiger partial charge in [-0.2, -0.15) is 0 Å². The summed E-state index contributed by atoms with van der Waals surface area (Å²) in [6.45, 7) is 4.11. The smallest absolute Gasteiger partial charge is 0.0910 e. The van der Waals surface area contributed by atoms with Crippen LogP contribution in [0, 0.1) is 0 Å². The number of nitrogens with one attached hydrogen (secondary N) is 1. The number of hydrogen-bond donors (Lipinski definition) is 1. The summed E-state index contributed by atoms with van der Waals surface area (Å²) in [5.41, 5.74) is 0.260. The van der Waals surface area contributed by atoms with Crippen molar-refractivity contribution in [3.8, 4) is 0 Å². The first-order valence-electron chi connectivity index (χ1n) is 4.35. The summed E-state index contributed by atoms with van der Waals surface area (Å²) >= 11 is 0. The van der Waals surface area contributed by atoms with Crippen molar-refractivity contribution in [3.05, 3.63) is 0 Å². The molecule has 1 unspecified atom stereocenters. The molecule has 0 saturated carbocycles. The van der Waals surface area contributed by atoms with E-state index in [0.717, 1.165) is 25.9 Å². The maximum Gasteiger partial charge on any atom is 0.0910 e. The molecule has 1 aliphatic heterocycles. The molecule has 4 heteroatoms. The molecule has 1 N–H and O–H groups in total. The van der Waals surface area contributed by atoms with Gasteiger partial charge < -0.3 is 5.32 Å². The Balaban J connectivity index is 2.44. The van der Waals surface area contributed by atoms with E-state index in [1.165, 1.54) is 0 Å². The van der Waals surface area contributed by atoms with Gasteiger partial charge in [-0.05, 0) is 26.8 Å². The molecule has 0 aromatic heterocycles. The lowest BCUT2D eigenvalue weighted by Crippen LogP contribution is -2.50. The van der Waals surface area contributed by atoms with Crippen molar-refractivity contribution in [2.45, 2.75) is 25.3 Å². The molecule has 0 bridgehead atoms. The molecule has 0 aliphatic carbocycles. The van der Waals surface area contributed by atoms with Crippen LogP contribution in [0.15, 0.2) is 0 Å². The molecule has 1 atom stereocenters. The van der Waals surface area contributed by atoms with Crippen molar-refractivity contribution in [3.63, 3.8) is 0 Å². The zero-order valence-electron chi connectivity index (χ0n) is 8.09. The fraction of sp³-hybridized carbons (Fsp3) is 1.00. The Hall–Kier alpha value is 0.0700. The van der Waals surface area contributed by atoms with E-state index in [-0.39, 0.29) is 5.54 Å². The van der Waals surface area contributed by atoms with Crippen LogP contribution >= 0.6 is 0 Å². The maximum atomic E-state index is 11.1. The van der Waals surface area contributed by atoms with Gasteiger partial charge in [-0.3, -0.25) is 0 Å². The summed E-state index contributed by atoms with van der Waals surface area (Å²) in [6.07, 6.45) is 3.92. The predicted octanol–water partition coefficient (Wildman–Crippen LogP) is 0.354. The number of hydrogen-bond acceptors (Lipinski definition) is 2. The Kier molecular flexibility index (Phi) is 3.26. The average molecular weight is 190 g/mol. The first kappa shape index (κ1) is 10.2. The maximum absolute atomic E-state index is 11.1. The van der Waals surface area contributed by atoms with Crippen molar-refractivity contribution in [2.75, 3.05) is 26.4 Å². The summed E-state index contributed by atoms with van der Waals surface area (Å²) in [5.74, 6) is 0. The van der Waals surface area contributed by atoms with Crippen LogP contribution in [0.2, 0.25) is 0 Å². The first-order chi connectivity index (χ1) is 5.57.